The molecule has 0 unspecified atom stereocenters. The third-order valence-electron chi connectivity index (χ3n) is 2.26. The first-order chi connectivity index (χ1) is 7.20. The zero-order chi connectivity index (χ0) is 10.8. The summed E-state index contributed by atoms with van der Waals surface area (Å²) in [5, 5.41) is 7.77. The molecule has 76 valence electrons. The van der Waals surface area contributed by atoms with Crippen LogP contribution >= 0.6 is 0 Å². The van der Waals surface area contributed by atoms with E-state index in [-0.39, 0.29) is 0 Å². The Balaban J connectivity index is 2.46. The molecule has 1 aromatic carbocycles. The van der Waals surface area contributed by atoms with Crippen LogP contribution in [-0.4, -0.2) is 10.2 Å². The minimum atomic E-state index is 0.561. The first kappa shape index (κ1) is 9.65. The molecule has 0 saturated heterocycles. The van der Waals surface area contributed by atoms with E-state index in [1.54, 1.807) is 6.92 Å². The van der Waals surface area contributed by atoms with Crippen LogP contribution in [0.2, 0.25) is 0 Å². The van der Waals surface area contributed by atoms with Crippen molar-refractivity contribution in [2.45, 2.75) is 13.8 Å². The summed E-state index contributed by atoms with van der Waals surface area (Å²) in [5.41, 5.74) is 3.21. The summed E-state index contributed by atoms with van der Waals surface area (Å²) in [7, 11) is 0. The van der Waals surface area contributed by atoms with Crippen LogP contribution in [-0.2, 0) is 0 Å². The van der Waals surface area contributed by atoms with Gasteiger partial charge in [-0.25, -0.2) is 0 Å². The van der Waals surface area contributed by atoms with Gasteiger partial charge in [0, 0.05) is 12.5 Å². The predicted octanol–water partition coefficient (Wildman–Crippen LogP) is 3.00. The quantitative estimate of drug-likeness (QED) is 0.748. The van der Waals surface area contributed by atoms with Gasteiger partial charge in [0.2, 0.25) is 11.8 Å². The summed E-state index contributed by atoms with van der Waals surface area (Å²) in [6.45, 7) is 7.56. The molecule has 0 fully saturated rings. The van der Waals surface area contributed by atoms with Gasteiger partial charge in [0.1, 0.15) is 0 Å². The molecule has 0 aliphatic carbocycles. The van der Waals surface area contributed by atoms with Crippen LogP contribution in [0.4, 0.5) is 0 Å². The molecule has 0 N–H and O–H groups in total. The van der Waals surface area contributed by atoms with E-state index in [2.05, 4.69) is 16.8 Å². The molecule has 0 aliphatic heterocycles. The van der Waals surface area contributed by atoms with E-state index in [4.69, 9.17) is 4.42 Å². The van der Waals surface area contributed by atoms with Gasteiger partial charge in [-0.3, -0.25) is 0 Å². The Morgan fingerprint density at radius 3 is 2.60 bits per heavy atom. The van der Waals surface area contributed by atoms with Crippen LogP contribution in [0.25, 0.3) is 17.5 Å². The molecule has 0 amide bonds. The Kier molecular flexibility index (Phi) is 2.37. The molecule has 0 bridgehead atoms. The molecule has 0 saturated carbocycles. The molecule has 0 radical (unpaired) electrons. The lowest BCUT2D eigenvalue weighted by molar-refractivity contribution is 0.532. The van der Waals surface area contributed by atoms with Crippen molar-refractivity contribution in [1.29, 1.82) is 0 Å². The maximum Gasteiger partial charge on any atom is 0.247 e. The Bertz CT molecular complexity index is 500. The van der Waals surface area contributed by atoms with Gasteiger partial charge in [0.25, 0.3) is 0 Å². The van der Waals surface area contributed by atoms with E-state index in [0.717, 1.165) is 16.7 Å². The number of aryl methyl sites for hydroxylation is 2. The topological polar surface area (TPSA) is 38.9 Å². The first-order valence-electron chi connectivity index (χ1n) is 4.74. The van der Waals surface area contributed by atoms with Gasteiger partial charge in [-0.15, -0.1) is 10.2 Å². The van der Waals surface area contributed by atoms with Crippen molar-refractivity contribution in [1.82, 2.24) is 10.2 Å². The Morgan fingerprint density at radius 1 is 1.27 bits per heavy atom. The zero-order valence-corrected chi connectivity index (χ0v) is 8.82. The average molecular weight is 200 g/mol. The molecule has 0 atom stereocenters. The van der Waals surface area contributed by atoms with Crippen molar-refractivity contribution in [2.24, 2.45) is 0 Å². The Labute approximate surface area is 88.5 Å². The molecule has 2 aromatic rings. The highest BCUT2D eigenvalue weighted by molar-refractivity contribution is 5.61. The Morgan fingerprint density at radius 2 is 2.07 bits per heavy atom. The van der Waals surface area contributed by atoms with Crippen LogP contribution in [0, 0.1) is 13.8 Å². The lowest BCUT2D eigenvalue weighted by Crippen LogP contribution is -1.83. The van der Waals surface area contributed by atoms with E-state index in [9.17, 15) is 0 Å². The highest BCUT2D eigenvalue weighted by Crippen LogP contribution is 2.21. The number of rotatable bonds is 2. The van der Waals surface area contributed by atoms with Crippen LogP contribution in [0.1, 0.15) is 17.0 Å². The minimum absolute atomic E-state index is 0.561. The molecule has 3 nitrogen and oxygen atoms in total. The van der Waals surface area contributed by atoms with Gasteiger partial charge in [-0.05, 0) is 30.2 Å². The van der Waals surface area contributed by atoms with Gasteiger partial charge in [0.15, 0.2) is 0 Å². The Hall–Kier alpha value is -1.90. The second-order valence-corrected chi connectivity index (χ2v) is 3.40. The van der Waals surface area contributed by atoms with E-state index in [1.165, 1.54) is 0 Å². The molecule has 15 heavy (non-hydrogen) atoms. The summed E-state index contributed by atoms with van der Waals surface area (Å²) < 4.78 is 5.35. The number of nitrogens with zero attached hydrogens (tertiary/aromatic N) is 2. The molecule has 0 aliphatic rings. The summed E-state index contributed by atoms with van der Waals surface area (Å²) in [6.07, 6.45) is 1.83. The lowest BCUT2D eigenvalue weighted by Gasteiger charge is -2.01. The first-order valence-corrected chi connectivity index (χ1v) is 4.74. The molecule has 1 heterocycles. The normalized spacial score (nSPS) is 10.3. The minimum Gasteiger partial charge on any atom is -0.421 e. The van der Waals surface area contributed by atoms with E-state index in [0.29, 0.717) is 11.8 Å². The highest BCUT2D eigenvalue weighted by Gasteiger charge is 2.06. The van der Waals surface area contributed by atoms with Crippen molar-refractivity contribution in [2.75, 3.05) is 0 Å². The van der Waals surface area contributed by atoms with Crippen LogP contribution < -0.4 is 0 Å². The van der Waals surface area contributed by atoms with Crippen molar-refractivity contribution in [3.8, 4) is 11.5 Å². The van der Waals surface area contributed by atoms with E-state index < -0.39 is 0 Å². The smallest absolute Gasteiger partial charge is 0.247 e. The van der Waals surface area contributed by atoms with Crippen LogP contribution in [0.3, 0.4) is 0 Å². The monoisotopic (exact) mass is 200 g/mol. The third-order valence-corrected chi connectivity index (χ3v) is 2.26. The summed E-state index contributed by atoms with van der Waals surface area (Å²) in [5.74, 6) is 1.14. The van der Waals surface area contributed by atoms with Crippen LogP contribution in [0.5, 0.6) is 0 Å². The van der Waals surface area contributed by atoms with Crippen molar-refractivity contribution < 1.29 is 4.42 Å². The maximum atomic E-state index is 5.35. The van der Waals surface area contributed by atoms with E-state index >= 15 is 0 Å². The van der Waals surface area contributed by atoms with Crippen molar-refractivity contribution >= 4 is 6.08 Å². The SMILES string of the molecule is C=Cc1ccc(-c2nnc(C)o2)cc1C. The summed E-state index contributed by atoms with van der Waals surface area (Å²) in [4.78, 5) is 0. The molecule has 1 aromatic heterocycles. The number of aromatic nitrogens is 2. The van der Waals surface area contributed by atoms with Gasteiger partial charge >= 0.3 is 0 Å². The predicted molar refractivity (Wildman–Crippen MR) is 59.3 cm³/mol. The molecule has 0 spiro atoms. The van der Waals surface area contributed by atoms with Gasteiger partial charge in [-0.1, -0.05) is 18.7 Å². The second kappa shape index (κ2) is 3.69. The van der Waals surface area contributed by atoms with Gasteiger partial charge < -0.3 is 4.42 Å². The van der Waals surface area contributed by atoms with Gasteiger partial charge in [0.05, 0.1) is 0 Å². The number of benzene rings is 1. The van der Waals surface area contributed by atoms with E-state index in [1.807, 2.05) is 31.2 Å². The third kappa shape index (κ3) is 1.81. The standard InChI is InChI=1S/C12H12N2O/c1-4-10-5-6-11(7-8(10)2)12-14-13-9(3)15-12/h4-7H,1H2,2-3H3. The molecule has 3 heteroatoms. The van der Waals surface area contributed by atoms with Crippen molar-refractivity contribution in [3.63, 3.8) is 0 Å². The second-order valence-electron chi connectivity index (χ2n) is 3.40. The fourth-order valence-corrected chi connectivity index (χ4v) is 1.45. The molecule has 2 rings (SSSR count). The highest BCUT2D eigenvalue weighted by atomic mass is 16.4. The molecular formula is C12H12N2O. The van der Waals surface area contributed by atoms with Crippen LogP contribution in [0.15, 0.2) is 29.2 Å². The zero-order valence-electron chi connectivity index (χ0n) is 8.82. The fraction of sp³-hybridized carbons (Fsp3) is 0.167. The summed E-state index contributed by atoms with van der Waals surface area (Å²) >= 11 is 0. The number of hydrogen-bond acceptors (Lipinski definition) is 3. The lowest BCUT2D eigenvalue weighted by atomic mass is 10.1. The summed E-state index contributed by atoms with van der Waals surface area (Å²) in [6, 6.07) is 5.97. The average Bonchev–Trinajstić information content (AvgIpc) is 2.65. The van der Waals surface area contributed by atoms with Crippen molar-refractivity contribution in [3.05, 3.63) is 41.8 Å². The maximum absolute atomic E-state index is 5.35. The number of hydrogen-bond donors (Lipinski definition) is 0. The fourth-order valence-electron chi connectivity index (χ4n) is 1.45. The van der Waals surface area contributed by atoms with Gasteiger partial charge in [-0.2, -0.15) is 0 Å². The molecular weight excluding hydrogens is 188 g/mol. The largest absolute Gasteiger partial charge is 0.421 e.